The molecule has 1 fully saturated rings. The van der Waals surface area contributed by atoms with E-state index in [2.05, 4.69) is 4.74 Å². The molecule has 0 unspecified atom stereocenters. The highest BCUT2D eigenvalue weighted by atomic mass is 16.6. The first-order valence-electron chi connectivity index (χ1n) is 12.0. The molecule has 0 bridgehead atoms. The molecule has 2 aromatic rings. The minimum atomic E-state index is -0.887. The molecule has 0 aromatic heterocycles. The minimum Gasteiger partial charge on any atom is -0.467 e. The lowest BCUT2D eigenvalue weighted by Crippen LogP contribution is -2.63. The van der Waals surface area contributed by atoms with Crippen molar-refractivity contribution in [3.05, 3.63) is 71.3 Å². The number of rotatable bonds is 4. The van der Waals surface area contributed by atoms with Crippen molar-refractivity contribution in [1.29, 1.82) is 0 Å². The van der Waals surface area contributed by atoms with Crippen LogP contribution in [0.25, 0.3) is 6.08 Å². The Kier molecular flexibility index (Phi) is 7.06. The lowest BCUT2D eigenvalue weighted by atomic mass is 9.93. The normalized spacial score (nSPS) is 17.1. The van der Waals surface area contributed by atoms with E-state index >= 15 is 0 Å². The van der Waals surface area contributed by atoms with Gasteiger partial charge in [-0.1, -0.05) is 36.4 Å². The van der Waals surface area contributed by atoms with Crippen LogP contribution in [0.3, 0.4) is 0 Å². The number of hydrogen-bond donors (Lipinski definition) is 0. The number of likely N-dealkylation sites (tertiary alicyclic amines) is 1. The molecule has 2 heterocycles. The summed E-state index contributed by atoms with van der Waals surface area (Å²) in [4.78, 5) is 41.4. The lowest BCUT2D eigenvalue weighted by Gasteiger charge is -2.50. The first-order valence-corrected chi connectivity index (χ1v) is 12.0. The summed E-state index contributed by atoms with van der Waals surface area (Å²) >= 11 is 0. The molecule has 0 saturated carbocycles. The van der Waals surface area contributed by atoms with E-state index in [0.717, 1.165) is 5.56 Å². The van der Waals surface area contributed by atoms with E-state index in [9.17, 15) is 14.4 Å². The lowest BCUT2D eigenvalue weighted by molar-refractivity contribution is -0.134. The van der Waals surface area contributed by atoms with Crippen molar-refractivity contribution in [3.8, 4) is 5.75 Å². The standard InChI is InChI=1S/C28H32N2O6/c1-27(2,3)36-26(33)29-16-14-28(15-17-29)30(19-21-8-6-5-7-9-21)25(32)22-18-20(10-12-23(22)35-28)11-13-24(31)34-4/h5-13,18H,14-17,19H2,1-4H3. The fraction of sp³-hybridized carbons (Fsp3) is 0.393. The number of ether oxygens (including phenoxy) is 3. The summed E-state index contributed by atoms with van der Waals surface area (Å²) in [7, 11) is 1.31. The molecule has 0 N–H and O–H groups in total. The smallest absolute Gasteiger partial charge is 0.410 e. The van der Waals surface area contributed by atoms with Gasteiger partial charge in [-0.2, -0.15) is 0 Å². The van der Waals surface area contributed by atoms with Gasteiger partial charge in [-0.15, -0.1) is 0 Å². The molecule has 1 saturated heterocycles. The van der Waals surface area contributed by atoms with Crippen LogP contribution in [0.15, 0.2) is 54.6 Å². The SMILES string of the molecule is COC(=O)C=Cc1ccc2c(c1)C(=O)N(Cc1ccccc1)C1(CCN(C(=O)OC(C)(C)C)CC1)O2. The monoisotopic (exact) mass is 492 g/mol. The Balaban J connectivity index is 1.63. The Bertz CT molecular complexity index is 1160. The van der Waals surface area contributed by atoms with E-state index in [0.29, 0.717) is 49.4 Å². The number of carbonyl (C=O) groups excluding carboxylic acids is 3. The third-order valence-electron chi connectivity index (χ3n) is 6.26. The topological polar surface area (TPSA) is 85.4 Å². The second-order valence-electron chi connectivity index (χ2n) is 10.0. The average Bonchev–Trinajstić information content (AvgIpc) is 2.85. The zero-order valence-corrected chi connectivity index (χ0v) is 21.2. The molecule has 8 nitrogen and oxygen atoms in total. The molecule has 0 atom stereocenters. The van der Waals surface area contributed by atoms with Crippen molar-refractivity contribution in [2.24, 2.45) is 0 Å². The van der Waals surface area contributed by atoms with Crippen molar-refractivity contribution in [3.63, 3.8) is 0 Å². The summed E-state index contributed by atoms with van der Waals surface area (Å²) in [6.07, 6.45) is 3.45. The maximum atomic E-state index is 13.9. The zero-order chi connectivity index (χ0) is 25.9. The van der Waals surface area contributed by atoms with Gasteiger partial charge >= 0.3 is 12.1 Å². The Morgan fingerprint density at radius 1 is 1.08 bits per heavy atom. The predicted molar refractivity (Wildman–Crippen MR) is 134 cm³/mol. The second kappa shape index (κ2) is 10.0. The first kappa shape index (κ1) is 25.3. The maximum Gasteiger partial charge on any atom is 0.410 e. The number of hydrogen-bond acceptors (Lipinski definition) is 6. The first-order chi connectivity index (χ1) is 17.1. The van der Waals surface area contributed by atoms with Gasteiger partial charge in [0.15, 0.2) is 5.72 Å². The van der Waals surface area contributed by atoms with Gasteiger partial charge in [0.1, 0.15) is 11.4 Å². The van der Waals surface area contributed by atoms with Gasteiger partial charge in [-0.05, 0) is 50.1 Å². The van der Waals surface area contributed by atoms with Crippen LogP contribution in [0, 0.1) is 0 Å². The van der Waals surface area contributed by atoms with Gasteiger partial charge in [0.2, 0.25) is 0 Å². The van der Waals surface area contributed by atoms with Crippen molar-refractivity contribution in [1.82, 2.24) is 9.80 Å². The Labute approximate surface area is 211 Å². The third-order valence-corrected chi connectivity index (χ3v) is 6.26. The number of benzene rings is 2. The number of fused-ring (bicyclic) bond motifs is 1. The van der Waals surface area contributed by atoms with Crippen molar-refractivity contribution in [2.45, 2.75) is 51.5 Å². The molecule has 2 aliphatic rings. The number of esters is 1. The molecular formula is C28H32N2O6. The van der Waals surface area contributed by atoms with E-state index in [-0.39, 0.29) is 12.0 Å². The molecule has 1 spiro atoms. The molecule has 8 heteroatoms. The van der Waals surface area contributed by atoms with E-state index in [4.69, 9.17) is 9.47 Å². The van der Waals surface area contributed by atoms with Crippen molar-refractivity contribution in [2.75, 3.05) is 20.2 Å². The van der Waals surface area contributed by atoms with E-state index in [1.807, 2.05) is 51.1 Å². The van der Waals surface area contributed by atoms with Crippen molar-refractivity contribution >= 4 is 24.0 Å². The molecule has 2 amide bonds. The van der Waals surface area contributed by atoms with Gasteiger partial charge in [-0.25, -0.2) is 9.59 Å². The minimum absolute atomic E-state index is 0.154. The Morgan fingerprint density at radius 2 is 1.78 bits per heavy atom. The zero-order valence-electron chi connectivity index (χ0n) is 21.2. The number of methoxy groups -OCH3 is 1. The molecule has 4 rings (SSSR count). The molecule has 2 aliphatic heterocycles. The summed E-state index contributed by atoms with van der Waals surface area (Å²) in [6, 6.07) is 15.0. The highest BCUT2D eigenvalue weighted by Gasteiger charge is 2.49. The van der Waals surface area contributed by atoms with Crippen LogP contribution in [0.5, 0.6) is 5.75 Å². The fourth-order valence-corrected chi connectivity index (χ4v) is 4.45. The summed E-state index contributed by atoms with van der Waals surface area (Å²) < 4.78 is 16.8. The van der Waals surface area contributed by atoms with E-state index in [1.165, 1.54) is 13.2 Å². The van der Waals surface area contributed by atoms with Gasteiger partial charge in [0.25, 0.3) is 5.91 Å². The third kappa shape index (κ3) is 5.53. The maximum absolute atomic E-state index is 13.9. The van der Waals surface area contributed by atoms with Gasteiger partial charge in [0.05, 0.1) is 12.7 Å². The fourth-order valence-electron chi connectivity index (χ4n) is 4.45. The highest BCUT2D eigenvalue weighted by molar-refractivity contribution is 5.99. The average molecular weight is 493 g/mol. The molecule has 0 aliphatic carbocycles. The van der Waals surface area contributed by atoms with Crippen molar-refractivity contribution < 1.29 is 28.6 Å². The second-order valence-corrected chi connectivity index (χ2v) is 10.0. The molecule has 36 heavy (non-hydrogen) atoms. The molecular weight excluding hydrogens is 460 g/mol. The largest absolute Gasteiger partial charge is 0.467 e. The molecule has 190 valence electrons. The van der Waals surface area contributed by atoms with Gasteiger partial charge < -0.3 is 19.1 Å². The van der Waals surface area contributed by atoms with E-state index < -0.39 is 17.3 Å². The summed E-state index contributed by atoms with van der Waals surface area (Å²) in [5, 5.41) is 0. The summed E-state index contributed by atoms with van der Waals surface area (Å²) in [5.74, 6) is -0.138. The van der Waals surface area contributed by atoms with Crippen LogP contribution >= 0.6 is 0 Å². The van der Waals surface area contributed by atoms with Crippen LogP contribution < -0.4 is 4.74 Å². The molecule has 2 aromatic carbocycles. The van der Waals surface area contributed by atoms with Crippen LogP contribution in [0.2, 0.25) is 0 Å². The Morgan fingerprint density at radius 3 is 2.42 bits per heavy atom. The van der Waals surface area contributed by atoms with Crippen LogP contribution in [0.1, 0.15) is 55.1 Å². The molecule has 0 radical (unpaired) electrons. The number of carbonyl (C=O) groups is 3. The van der Waals surface area contributed by atoms with Gasteiger partial charge in [-0.3, -0.25) is 9.69 Å². The quantitative estimate of drug-likeness (QED) is 0.457. The summed E-state index contributed by atoms with van der Waals surface area (Å²) in [5.41, 5.74) is 0.627. The number of amides is 2. The van der Waals surface area contributed by atoms with Gasteiger partial charge in [0, 0.05) is 38.6 Å². The summed E-state index contributed by atoms with van der Waals surface area (Å²) in [6.45, 7) is 6.70. The number of piperidine rings is 1. The highest BCUT2D eigenvalue weighted by Crippen LogP contribution is 2.41. The number of nitrogens with zero attached hydrogens (tertiary/aromatic N) is 2. The Hall–Kier alpha value is -3.81. The van der Waals surface area contributed by atoms with Crippen LogP contribution in [-0.4, -0.2) is 59.3 Å². The predicted octanol–water partition coefficient (Wildman–Crippen LogP) is 4.63. The van der Waals surface area contributed by atoms with E-state index in [1.54, 1.807) is 34.1 Å². The van der Waals surface area contributed by atoms with Crippen LogP contribution in [0.4, 0.5) is 4.79 Å². The van der Waals surface area contributed by atoms with Crippen LogP contribution in [-0.2, 0) is 20.8 Å².